The number of aromatic hydroxyl groups is 2. The molecule has 0 aromatic heterocycles. The van der Waals surface area contributed by atoms with Gasteiger partial charge < -0.3 is 19.7 Å². The first-order valence-electron chi connectivity index (χ1n) is 10.7. The van der Waals surface area contributed by atoms with E-state index in [4.69, 9.17) is 9.47 Å². The molecule has 5 rings (SSSR count). The number of nitrogens with zero attached hydrogens (tertiary/aromatic N) is 1. The SMILES string of the molecule is COc1cc2c(cc1OC)[C@H]1Cc3ccc(O)cc3[C@@H](Cc3ccc(O)cc3)N1CC2. The Morgan fingerprint density at radius 2 is 1.55 bits per heavy atom. The fourth-order valence-electron chi connectivity index (χ4n) is 5.20. The molecule has 2 aliphatic heterocycles. The zero-order valence-corrected chi connectivity index (χ0v) is 17.8. The van der Waals surface area contributed by atoms with Gasteiger partial charge in [-0.05, 0) is 83.5 Å². The normalized spacial score (nSPS) is 19.8. The number of hydrogen-bond acceptors (Lipinski definition) is 5. The number of phenolic OH excluding ortho intramolecular Hbond substituents is 2. The molecule has 0 bridgehead atoms. The van der Waals surface area contributed by atoms with Gasteiger partial charge in [0.25, 0.3) is 0 Å². The second-order valence-electron chi connectivity index (χ2n) is 8.38. The minimum Gasteiger partial charge on any atom is -0.508 e. The lowest BCUT2D eigenvalue weighted by Crippen LogP contribution is -2.43. The van der Waals surface area contributed by atoms with E-state index in [2.05, 4.69) is 23.1 Å². The summed E-state index contributed by atoms with van der Waals surface area (Å²) in [7, 11) is 3.35. The van der Waals surface area contributed by atoms with Crippen LogP contribution < -0.4 is 9.47 Å². The first kappa shape index (κ1) is 19.8. The molecule has 2 N–H and O–H groups in total. The second kappa shape index (κ2) is 7.82. The molecule has 3 aromatic carbocycles. The van der Waals surface area contributed by atoms with Crippen molar-refractivity contribution in [1.29, 1.82) is 0 Å². The zero-order valence-electron chi connectivity index (χ0n) is 17.8. The average molecular weight is 418 g/mol. The van der Waals surface area contributed by atoms with Gasteiger partial charge in [0.05, 0.1) is 14.2 Å². The van der Waals surface area contributed by atoms with Gasteiger partial charge in [0.2, 0.25) is 0 Å². The molecule has 5 heteroatoms. The number of benzene rings is 3. The molecule has 0 radical (unpaired) electrons. The minimum atomic E-state index is 0.145. The summed E-state index contributed by atoms with van der Waals surface area (Å²) in [6.07, 6.45) is 2.65. The molecule has 31 heavy (non-hydrogen) atoms. The monoisotopic (exact) mass is 417 g/mol. The molecule has 160 valence electrons. The van der Waals surface area contributed by atoms with Gasteiger partial charge in [-0.15, -0.1) is 0 Å². The molecule has 0 saturated carbocycles. The highest BCUT2D eigenvalue weighted by molar-refractivity contribution is 5.51. The minimum absolute atomic E-state index is 0.145. The third-order valence-corrected chi connectivity index (χ3v) is 6.71. The molecule has 0 fully saturated rings. The summed E-state index contributed by atoms with van der Waals surface area (Å²) in [5.74, 6) is 2.11. The quantitative estimate of drug-likeness (QED) is 0.652. The molecule has 0 saturated heterocycles. The number of methoxy groups -OCH3 is 2. The van der Waals surface area contributed by atoms with Crippen LogP contribution in [0, 0.1) is 0 Å². The third kappa shape index (κ3) is 3.49. The van der Waals surface area contributed by atoms with Gasteiger partial charge in [0.15, 0.2) is 11.5 Å². The van der Waals surface area contributed by atoms with E-state index in [0.29, 0.717) is 5.75 Å². The second-order valence-corrected chi connectivity index (χ2v) is 8.38. The van der Waals surface area contributed by atoms with E-state index in [9.17, 15) is 10.2 Å². The van der Waals surface area contributed by atoms with Crippen LogP contribution >= 0.6 is 0 Å². The molecule has 0 amide bonds. The molecule has 5 nitrogen and oxygen atoms in total. The highest BCUT2D eigenvalue weighted by Crippen LogP contribution is 2.47. The maximum Gasteiger partial charge on any atom is 0.161 e. The van der Waals surface area contributed by atoms with Crippen molar-refractivity contribution in [3.63, 3.8) is 0 Å². The number of ether oxygens (including phenoxy) is 2. The molecule has 2 aliphatic rings. The third-order valence-electron chi connectivity index (χ3n) is 6.71. The lowest BCUT2D eigenvalue weighted by atomic mass is 9.79. The van der Waals surface area contributed by atoms with Crippen LogP contribution in [-0.4, -0.2) is 35.9 Å². The van der Waals surface area contributed by atoms with Crippen LogP contribution in [0.4, 0.5) is 0 Å². The van der Waals surface area contributed by atoms with E-state index in [1.54, 1.807) is 32.4 Å². The van der Waals surface area contributed by atoms with Crippen molar-refractivity contribution in [2.75, 3.05) is 20.8 Å². The summed E-state index contributed by atoms with van der Waals surface area (Å²) in [5, 5.41) is 19.9. The fraction of sp³-hybridized carbons (Fsp3) is 0.308. The van der Waals surface area contributed by atoms with E-state index in [1.165, 1.54) is 22.3 Å². The zero-order chi connectivity index (χ0) is 21.5. The lowest BCUT2D eigenvalue weighted by molar-refractivity contribution is 0.106. The van der Waals surface area contributed by atoms with E-state index >= 15 is 0 Å². The highest BCUT2D eigenvalue weighted by Gasteiger charge is 2.39. The lowest BCUT2D eigenvalue weighted by Gasteiger charge is -2.47. The largest absolute Gasteiger partial charge is 0.508 e. The first-order chi connectivity index (χ1) is 15.1. The smallest absolute Gasteiger partial charge is 0.161 e. The number of fused-ring (bicyclic) bond motifs is 4. The predicted octanol–water partition coefficient (Wildman–Crippen LogP) is 4.55. The summed E-state index contributed by atoms with van der Waals surface area (Å²) in [5.41, 5.74) is 6.22. The standard InChI is InChI=1S/C26H27NO4/c1-30-25-13-18-9-10-27-23(11-16-3-6-19(28)7-4-16)21-14-20(29)8-5-17(21)12-24(27)22(18)15-26(25)31-2/h3-8,13-15,23-24,28-29H,9-12H2,1-2H3/t23-,24-/m1/s1. The summed E-state index contributed by atoms with van der Waals surface area (Å²) in [6, 6.07) is 17.8. The Bertz CT molecular complexity index is 1110. The van der Waals surface area contributed by atoms with Crippen molar-refractivity contribution >= 4 is 0 Å². The van der Waals surface area contributed by atoms with Crippen LogP contribution in [0.15, 0.2) is 54.6 Å². The van der Waals surface area contributed by atoms with Crippen molar-refractivity contribution in [2.24, 2.45) is 0 Å². The Morgan fingerprint density at radius 1 is 0.839 bits per heavy atom. The Balaban J connectivity index is 1.59. The molecule has 0 unspecified atom stereocenters. The molecule has 2 atom stereocenters. The summed E-state index contributed by atoms with van der Waals surface area (Å²) < 4.78 is 11.1. The predicted molar refractivity (Wildman–Crippen MR) is 119 cm³/mol. The first-order valence-corrected chi connectivity index (χ1v) is 10.7. The van der Waals surface area contributed by atoms with Crippen molar-refractivity contribution in [3.8, 4) is 23.0 Å². The van der Waals surface area contributed by atoms with Gasteiger partial charge in [0, 0.05) is 18.6 Å². The molecule has 0 aliphatic carbocycles. The Morgan fingerprint density at radius 3 is 2.29 bits per heavy atom. The molecule has 3 aromatic rings. The number of hydrogen-bond donors (Lipinski definition) is 2. The van der Waals surface area contributed by atoms with Crippen LogP contribution in [0.1, 0.15) is 39.9 Å². The van der Waals surface area contributed by atoms with Gasteiger partial charge in [-0.1, -0.05) is 18.2 Å². The van der Waals surface area contributed by atoms with Gasteiger partial charge in [-0.25, -0.2) is 0 Å². The average Bonchev–Trinajstić information content (AvgIpc) is 2.79. The molecular weight excluding hydrogens is 390 g/mol. The van der Waals surface area contributed by atoms with Gasteiger partial charge in [-0.2, -0.15) is 0 Å². The maximum atomic E-state index is 10.2. The Labute approximate surface area is 182 Å². The summed E-state index contributed by atoms with van der Waals surface area (Å²) >= 11 is 0. The van der Waals surface area contributed by atoms with Crippen LogP contribution in [0.3, 0.4) is 0 Å². The van der Waals surface area contributed by atoms with E-state index in [-0.39, 0.29) is 17.8 Å². The highest BCUT2D eigenvalue weighted by atomic mass is 16.5. The Hall–Kier alpha value is -3.18. The summed E-state index contributed by atoms with van der Waals surface area (Å²) in [6.45, 7) is 0.936. The van der Waals surface area contributed by atoms with Crippen molar-refractivity contribution in [1.82, 2.24) is 4.90 Å². The van der Waals surface area contributed by atoms with Gasteiger partial charge in [0.1, 0.15) is 11.5 Å². The number of rotatable bonds is 4. The molecule has 0 spiro atoms. The van der Waals surface area contributed by atoms with E-state index in [0.717, 1.165) is 42.9 Å². The van der Waals surface area contributed by atoms with Crippen molar-refractivity contribution < 1.29 is 19.7 Å². The Kier molecular flexibility index (Phi) is 4.98. The molecular formula is C26H27NO4. The van der Waals surface area contributed by atoms with E-state index < -0.39 is 0 Å². The van der Waals surface area contributed by atoms with Crippen LogP contribution in [0.2, 0.25) is 0 Å². The van der Waals surface area contributed by atoms with Crippen LogP contribution in [0.25, 0.3) is 0 Å². The van der Waals surface area contributed by atoms with Crippen molar-refractivity contribution in [2.45, 2.75) is 31.3 Å². The maximum absolute atomic E-state index is 10.2. The summed E-state index contributed by atoms with van der Waals surface area (Å²) in [4.78, 5) is 2.56. The van der Waals surface area contributed by atoms with Gasteiger partial charge in [-0.3, -0.25) is 4.90 Å². The van der Waals surface area contributed by atoms with Gasteiger partial charge >= 0.3 is 0 Å². The van der Waals surface area contributed by atoms with Crippen LogP contribution in [0.5, 0.6) is 23.0 Å². The topological polar surface area (TPSA) is 62.2 Å². The van der Waals surface area contributed by atoms with Crippen LogP contribution in [-0.2, 0) is 19.3 Å². The van der Waals surface area contributed by atoms with Crippen molar-refractivity contribution in [3.05, 3.63) is 82.4 Å². The van der Waals surface area contributed by atoms with E-state index in [1.807, 2.05) is 18.2 Å². The number of phenols is 2. The molecule has 2 heterocycles. The fourth-order valence-corrected chi connectivity index (χ4v) is 5.20.